The molecule has 4 heteroatoms. The number of hydrogen-bond donors (Lipinski definition) is 0. The number of fused-ring (bicyclic) bond motifs is 2. The quantitative estimate of drug-likeness (QED) is 0.0948. The van der Waals surface area contributed by atoms with Gasteiger partial charge in [0.15, 0.2) is 0 Å². The third kappa shape index (κ3) is 14.4. The molecule has 0 N–H and O–H groups in total. The van der Waals surface area contributed by atoms with Gasteiger partial charge < -0.3 is 0 Å². The van der Waals surface area contributed by atoms with Crippen molar-refractivity contribution in [3.05, 3.63) is 132 Å². The molecule has 0 bridgehead atoms. The van der Waals surface area contributed by atoms with Gasteiger partial charge in [0.25, 0.3) is 0 Å². The zero-order valence-electron chi connectivity index (χ0n) is 37.4. The van der Waals surface area contributed by atoms with Crippen molar-refractivity contribution in [3.63, 3.8) is 0 Å². The van der Waals surface area contributed by atoms with Gasteiger partial charge in [0.05, 0.1) is 0 Å². The molecule has 6 aromatic rings. The molecule has 2 aliphatic carbocycles. The molecule has 0 spiro atoms. The summed E-state index contributed by atoms with van der Waals surface area (Å²) in [6, 6.07) is 45.2. The van der Waals surface area contributed by atoms with E-state index in [1.165, 1.54) is 172 Å². The molecule has 2 saturated carbocycles. The van der Waals surface area contributed by atoms with Crippen molar-refractivity contribution >= 4 is 48.1 Å². The van der Waals surface area contributed by atoms with Crippen LogP contribution in [0, 0.1) is 10.8 Å². The first kappa shape index (κ1) is 48.8. The molecule has 0 aliphatic heterocycles. The second kappa shape index (κ2) is 26.4. The van der Waals surface area contributed by atoms with Crippen molar-refractivity contribution in [2.24, 2.45) is 10.8 Å². The number of halogens is 2. The third-order valence-electron chi connectivity index (χ3n) is 13.3. The molecule has 8 rings (SSSR count). The van der Waals surface area contributed by atoms with Crippen LogP contribution in [-0.4, -0.2) is 9.52 Å². The summed E-state index contributed by atoms with van der Waals surface area (Å²) in [4.78, 5) is 0. The summed E-state index contributed by atoms with van der Waals surface area (Å²) in [5, 5.41) is 5.67. The van der Waals surface area contributed by atoms with Crippen LogP contribution in [0.1, 0.15) is 141 Å². The Morgan fingerprint density at radius 1 is 0.500 bits per heavy atom. The predicted molar refractivity (Wildman–Crippen MR) is 266 cm³/mol. The van der Waals surface area contributed by atoms with Gasteiger partial charge in [-0.05, 0) is 73.3 Å². The summed E-state index contributed by atoms with van der Waals surface area (Å²) in [6.45, 7) is 9.05. The molecular formula is C56H72Cl2SiZr. The molecule has 0 nitrogen and oxygen atoms in total. The molecule has 0 saturated heterocycles. The SMILES string of the molecule is CCCC1(Cc2cc3c(-c4ccccc4)cccc3[cH-]2)CCCCCCC1.CCCC1(Cc2cc3c(-c4ccccc4)cccc3[cH-]2)CCCCCCC1.C[Si]C.[Cl][Zr+2][Cl]. The van der Waals surface area contributed by atoms with Crippen LogP contribution in [0.25, 0.3) is 43.8 Å². The summed E-state index contributed by atoms with van der Waals surface area (Å²) in [6.07, 6.45) is 28.0. The van der Waals surface area contributed by atoms with Crippen LogP contribution in [0.5, 0.6) is 0 Å². The van der Waals surface area contributed by atoms with Gasteiger partial charge in [0.2, 0.25) is 0 Å². The van der Waals surface area contributed by atoms with Crippen LogP contribution >= 0.6 is 17.0 Å². The molecule has 2 radical (unpaired) electrons. The Balaban J connectivity index is 0.000000201. The maximum atomic E-state index is 4.93. The molecule has 0 atom stereocenters. The average molecular weight is 935 g/mol. The first-order valence-electron chi connectivity index (χ1n) is 23.4. The Kier molecular flexibility index (Phi) is 21.5. The number of rotatable bonds is 10. The van der Waals surface area contributed by atoms with Gasteiger partial charge in [0.1, 0.15) is 0 Å². The number of hydrogen-bond acceptors (Lipinski definition) is 0. The maximum absolute atomic E-state index is 4.93. The topological polar surface area (TPSA) is 0 Å². The van der Waals surface area contributed by atoms with Gasteiger partial charge in [-0.2, -0.15) is 12.1 Å². The second-order valence-corrected chi connectivity index (χ2v) is 22.8. The van der Waals surface area contributed by atoms with E-state index in [4.69, 9.17) is 17.0 Å². The minimum absolute atomic E-state index is 0.534. The summed E-state index contributed by atoms with van der Waals surface area (Å²) < 4.78 is 0. The van der Waals surface area contributed by atoms with Crippen molar-refractivity contribution in [2.45, 2.75) is 155 Å². The molecule has 2 aliphatic rings. The molecule has 318 valence electrons. The second-order valence-electron chi connectivity index (χ2n) is 18.0. The van der Waals surface area contributed by atoms with Crippen molar-refractivity contribution < 1.29 is 20.8 Å². The molecule has 0 amide bonds. The van der Waals surface area contributed by atoms with E-state index in [1.54, 1.807) is 11.1 Å². The minimum atomic E-state index is -0.826. The van der Waals surface area contributed by atoms with E-state index in [0.29, 0.717) is 10.8 Å². The number of benzene rings is 4. The van der Waals surface area contributed by atoms with Crippen LogP contribution in [0.2, 0.25) is 13.1 Å². The van der Waals surface area contributed by atoms with Crippen molar-refractivity contribution in [2.75, 3.05) is 0 Å². The molecule has 0 aromatic heterocycles. The summed E-state index contributed by atoms with van der Waals surface area (Å²) in [5.74, 6) is 0. The van der Waals surface area contributed by atoms with Crippen LogP contribution in [0.3, 0.4) is 0 Å². The standard InChI is InChI=1S/2C27H33.C2H6Si.2ClH.Zr/c2*1-2-16-27(17-9-4-3-5-10-18-27)21-22-19-24-14-11-15-25(26(24)20-22)23-12-7-6-8-13-23;1-3-2;;;/h2*6-8,11-15,19-20H,2-5,9-10,16-18,21H2,1H3;1-2H3;2*1H;/q2*-1;;;;+4/p-2. The first-order chi connectivity index (χ1) is 29.4. The summed E-state index contributed by atoms with van der Waals surface area (Å²) in [7, 11) is 11.0. The Morgan fingerprint density at radius 3 is 1.17 bits per heavy atom. The van der Waals surface area contributed by atoms with Crippen molar-refractivity contribution in [1.29, 1.82) is 0 Å². The van der Waals surface area contributed by atoms with Crippen LogP contribution in [0.15, 0.2) is 121 Å². The summed E-state index contributed by atoms with van der Waals surface area (Å²) in [5.41, 5.74) is 9.59. The van der Waals surface area contributed by atoms with Gasteiger partial charge in [0, 0.05) is 9.52 Å². The van der Waals surface area contributed by atoms with E-state index in [2.05, 4.69) is 148 Å². The zero-order valence-corrected chi connectivity index (χ0v) is 42.4. The van der Waals surface area contributed by atoms with Crippen LogP contribution in [-0.2, 0) is 33.7 Å². The summed E-state index contributed by atoms with van der Waals surface area (Å²) >= 11 is -0.826. The fourth-order valence-corrected chi connectivity index (χ4v) is 10.8. The Morgan fingerprint density at radius 2 is 0.833 bits per heavy atom. The molecule has 60 heavy (non-hydrogen) atoms. The fourth-order valence-electron chi connectivity index (χ4n) is 10.8. The van der Waals surface area contributed by atoms with Crippen LogP contribution < -0.4 is 0 Å². The van der Waals surface area contributed by atoms with E-state index in [9.17, 15) is 0 Å². The molecule has 0 unspecified atom stereocenters. The monoisotopic (exact) mass is 932 g/mol. The Hall–Kier alpha value is -2.22. The normalized spacial score (nSPS) is 16.2. The van der Waals surface area contributed by atoms with Gasteiger partial charge in [-0.15, -0.1) is 69.1 Å². The Bertz CT molecular complexity index is 1900. The van der Waals surface area contributed by atoms with Gasteiger partial charge >= 0.3 is 37.9 Å². The molecular weight excluding hydrogens is 863 g/mol. The van der Waals surface area contributed by atoms with Gasteiger partial charge in [-0.3, -0.25) is 0 Å². The van der Waals surface area contributed by atoms with E-state index in [1.807, 2.05) is 0 Å². The van der Waals surface area contributed by atoms with Gasteiger partial charge in [-0.25, -0.2) is 0 Å². The fraction of sp³-hybridized carbons (Fsp3) is 0.464. The Labute approximate surface area is 386 Å². The van der Waals surface area contributed by atoms with Crippen molar-refractivity contribution in [1.82, 2.24) is 0 Å². The third-order valence-corrected chi connectivity index (χ3v) is 13.3. The van der Waals surface area contributed by atoms with Crippen LogP contribution in [0.4, 0.5) is 0 Å². The molecule has 6 aromatic carbocycles. The van der Waals surface area contributed by atoms with Gasteiger partial charge in [-0.1, -0.05) is 188 Å². The zero-order chi connectivity index (χ0) is 42.5. The van der Waals surface area contributed by atoms with E-state index in [-0.39, 0.29) is 0 Å². The molecule has 0 heterocycles. The predicted octanol–water partition coefficient (Wildman–Crippen LogP) is 18.8. The molecule has 2 fully saturated rings. The first-order valence-corrected chi connectivity index (χ1v) is 31.8. The average Bonchev–Trinajstić information content (AvgIpc) is 3.86. The van der Waals surface area contributed by atoms with E-state index in [0.717, 1.165) is 9.52 Å². The van der Waals surface area contributed by atoms with Crippen molar-refractivity contribution in [3.8, 4) is 22.3 Å². The van der Waals surface area contributed by atoms with E-state index >= 15 is 0 Å². The van der Waals surface area contributed by atoms with E-state index < -0.39 is 20.8 Å².